The van der Waals surface area contributed by atoms with E-state index in [1.54, 1.807) is 18.2 Å². The molecule has 5 heteroatoms. The first-order chi connectivity index (χ1) is 9.97. The van der Waals surface area contributed by atoms with E-state index in [-0.39, 0.29) is 11.7 Å². The first kappa shape index (κ1) is 15.2. The molecule has 0 bridgehead atoms. The molecule has 0 saturated carbocycles. The Bertz CT molecular complexity index is 651. The Morgan fingerprint density at radius 2 is 2.05 bits per heavy atom. The predicted molar refractivity (Wildman–Crippen MR) is 85.9 cm³/mol. The van der Waals surface area contributed by atoms with Crippen molar-refractivity contribution in [2.45, 2.75) is 20.4 Å². The fourth-order valence-electron chi connectivity index (χ4n) is 2.02. The van der Waals surface area contributed by atoms with E-state index in [1.807, 2.05) is 25.1 Å². The lowest BCUT2D eigenvalue weighted by atomic mass is 10.1. The average molecular weight is 305 g/mol. The van der Waals surface area contributed by atoms with Gasteiger partial charge in [-0.15, -0.1) is 0 Å². The summed E-state index contributed by atoms with van der Waals surface area (Å²) < 4.78 is 0. The van der Waals surface area contributed by atoms with Crippen molar-refractivity contribution >= 4 is 28.9 Å². The van der Waals surface area contributed by atoms with Crippen LogP contribution in [0.2, 0.25) is 5.02 Å². The van der Waals surface area contributed by atoms with Gasteiger partial charge in [0, 0.05) is 35.4 Å². The molecule has 0 saturated heterocycles. The highest BCUT2D eigenvalue weighted by molar-refractivity contribution is 6.31. The normalized spacial score (nSPS) is 10.2. The standard InChI is InChI=1S/C16H17ClN2O2/c1-10-8-12(6-7-15(10)19-11(2)20)18-9-13-14(17)4-3-5-16(13)21/h3-8,18,21H,9H2,1-2H3,(H,19,20). The number of hydrogen-bond donors (Lipinski definition) is 3. The second kappa shape index (κ2) is 6.50. The van der Waals surface area contributed by atoms with Crippen LogP contribution in [-0.4, -0.2) is 11.0 Å². The SMILES string of the molecule is CC(=O)Nc1ccc(NCc2c(O)cccc2Cl)cc1C. The highest BCUT2D eigenvalue weighted by Crippen LogP contribution is 2.27. The molecule has 0 fully saturated rings. The fourth-order valence-corrected chi connectivity index (χ4v) is 2.25. The summed E-state index contributed by atoms with van der Waals surface area (Å²) in [6.07, 6.45) is 0. The Hall–Kier alpha value is -2.20. The van der Waals surface area contributed by atoms with Gasteiger partial charge in [-0.1, -0.05) is 17.7 Å². The summed E-state index contributed by atoms with van der Waals surface area (Å²) in [5.74, 6) is 0.0707. The topological polar surface area (TPSA) is 61.4 Å². The van der Waals surface area contributed by atoms with Crippen LogP contribution >= 0.6 is 11.6 Å². The van der Waals surface area contributed by atoms with Gasteiger partial charge in [-0.2, -0.15) is 0 Å². The van der Waals surface area contributed by atoms with Crippen molar-refractivity contribution in [3.63, 3.8) is 0 Å². The number of hydrogen-bond acceptors (Lipinski definition) is 3. The van der Waals surface area contributed by atoms with E-state index in [2.05, 4.69) is 10.6 Å². The highest BCUT2D eigenvalue weighted by atomic mass is 35.5. The molecule has 1 amide bonds. The van der Waals surface area contributed by atoms with Gasteiger partial charge < -0.3 is 15.7 Å². The maximum absolute atomic E-state index is 11.1. The summed E-state index contributed by atoms with van der Waals surface area (Å²) >= 11 is 6.06. The lowest BCUT2D eigenvalue weighted by Crippen LogP contribution is -2.07. The van der Waals surface area contributed by atoms with Gasteiger partial charge in [0.15, 0.2) is 0 Å². The number of carbonyl (C=O) groups excluding carboxylic acids is 1. The third-order valence-electron chi connectivity index (χ3n) is 3.10. The molecule has 3 N–H and O–H groups in total. The van der Waals surface area contributed by atoms with Crippen molar-refractivity contribution < 1.29 is 9.90 Å². The van der Waals surface area contributed by atoms with E-state index < -0.39 is 0 Å². The van der Waals surface area contributed by atoms with Crippen molar-refractivity contribution in [3.05, 3.63) is 52.5 Å². The number of anilines is 2. The number of rotatable bonds is 4. The zero-order valence-electron chi connectivity index (χ0n) is 11.9. The molecule has 0 heterocycles. The number of aromatic hydroxyl groups is 1. The van der Waals surface area contributed by atoms with Crippen LogP contribution in [-0.2, 0) is 11.3 Å². The van der Waals surface area contributed by atoms with Crippen LogP contribution in [0.25, 0.3) is 0 Å². The number of amides is 1. The molecule has 0 unspecified atom stereocenters. The fraction of sp³-hybridized carbons (Fsp3) is 0.188. The van der Waals surface area contributed by atoms with Gasteiger partial charge in [0.05, 0.1) is 0 Å². The molecule has 0 aliphatic rings. The number of carbonyl (C=O) groups is 1. The van der Waals surface area contributed by atoms with Crippen LogP contribution in [0, 0.1) is 6.92 Å². The van der Waals surface area contributed by atoms with Crippen LogP contribution in [0.15, 0.2) is 36.4 Å². The first-order valence-electron chi connectivity index (χ1n) is 6.56. The molecule has 110 valence electrons. The maximum Gasteiger partial charge on any atom is 0.221 e. The minimum atomic E-state index is -0.0974. The number of aryl methyl sites for hydroxylation is 1. The number of phenols is 1. The van der Waals surface area contributed by atoms with Crippen molar-refractivity contribution in [1.82, 2.24) is 0 Å². The average Bonchev–Trinajstić information content (AvgIpc) is 2.41. The quantitative estimate of drug-likeness (QED) is 0.802. The molecule has 4 nitrogen and oxygen atoms in total. The third kappa shape index (κ3) is 3.89. The largest absolute Gasteiger partial charge is 0.508 e. The zero-order valence-corrected chi connectivity index (χ0v) is 12.7. The Labute approximate surface area is 128 Å². The van der Waals surface area contributed by atoms with E-state index >= 15 is 0 Å². The minimum absolute atomic E-state index is 0.0974. The highest BCUT2D eigenvalue weighted by Gasteiger charge is 2.06. The Morgan fingerprint density at radius 1 is 1.29 bits per heavy atom. The number of halogens is 1. The molecule has 0 aromatic heterocycles. The van der Waals surface area contributed by atoms with Crippen LogP contribution in [0.5, 0.6) is 5.75 Å². The summed E-state index contributed by atoms with van der Waals surface area (Å²) in [5.41, 5.74) is 3.29. The molecule has 0 aliphatic carbocycles. The molecule has 21 heavy (non-hydrogen) atoms. The minimum Gasteiger partial charge on any atom is -0.508 e. The lowest BCUT2D eigenvalue weighted by molar-refractivity contribution is -0.114. The van der Waals surface area contributed by atoms with Crippen molar-refractivity contribution in [3.8, 4) is 5.75 Å². The summed E-state index contributed by atoms with van der Waals surface area (Å²) in [4.78, 5) is 11.1. The second-order valence-corrected chi connectivity index (χ2v) is 5.21. The molecule has 2 aromatic carbocycles. The summed E-state index contributed by atoms with van der Waals surface area (Å²) in [6.45, 7) is 3.82. The number of nitrogens with one attached hydrogen (secondary N) is 2. The summed E-state index contributed by atoms with van der Waals surface area (Å²) in [5, 5.41) is 16.3. The van der Waals surface area contributed by atoms with Gasteiger partial charge >= 0.3 is 0 Å². The molecule has 0 radical (unpaired) electrons. The molecule has 0 aliphatic heterocycles. The Morgan fingerprint density at radius 3 is 2.67 bits per heavy atom. The predicted octanol–water partition coefficient (Wildman–Crippen LogP) is 3.92. The smallest absolute Gasteiger partial charge is 0.221 e. The van der Waals surface area contributed by atoms with Crippen LogP contribution in [0.4, 0.5) is 11.4 Å². The first-order valence-corrected chi connectivity index (χ1v) is 6.93. The number of benzene rings is 2. The Balaban J connectivity index is 2.10. The van der Waals surface area contributed by atoms with E-state index in [1.165, 1.54) is 6.92 Å². The van der Waals surface area contributed by atoms with Gasteiger partial charge in [0.1, 0.15) is 5.75 Å². The van der Waals surface area contributed by atoms with Crippen molar-refractivity contribution in [2.24, 2.45) is 0 Å². The van der Waals surface area contributed by atoms with Crippen LogP contribution < -0.4 is 10.6 Å². The number of phenolic OH excluding ortho intramolecular Hbond substituents is 1. The van der Waals surface area contributed by atoms with Gasteiger partial charge in [0.2, 0.25) is 5.91 Å². The van der Waals surface area contributed by atoms with Gasteiger partial charge in [0.25, 0.3) is 0 Å². The van der Waals surface area contributed by atoms with Gasteiger partial charge in [-0.05, 0) is 42.8 Å². The molecular weight excluding hydrogens is 288 g/mol. The summed E-state index contributed by atoms with van der Waals surface area (Å²) in [7, 11) is 0. The second-order valence-electron chi connectivity index (χ2n) is 4.80. The molecule has 0 atom stereocenters. The monoisotopic (exact) mass is 304 g/mol. The molecule has 2 aromatic rings. The van der Waals surface area contributed by atoms with Crippen molar-refractivity contribution in [2.75, 3.05) is 10.6 Å². The third-order valence-corrected chi connectivity index (χ3v) is 3.45. The lowest BCUT2D eigenvalue weighted by Gasteiger charge is -2.12. The van der Waals surface area contributed by atoms with E-state index in [9.17, 15) is 9.90 Å². The summed E-state index contributed by atoms with van der Waals surface area (Å²) in [6, 6.07) is 10.7. The van der Waals surface area contributed by atoms with Gasteiger partial charge in [-0.25, -0.2) is 0 Å². The Kier molecular flexibility index (Phi) is 4.70. The van der Waals surface area contributed by atoms with E-state index in [0.29, 0.717) is 17.1 Å². The van der Waals surface area contributed by atoms with E-state index in [0.717, 1.165) is 16.9 Å². The van der Waals surface area contributed by atoms with Crippen molar-refractivity contribution in [1.29, 1.82) is 0 Å². The zero-order chi connectivity index (χ0) is 15.4. The molecular formula is C16H17ClN2O2. The van der Waals surface area contributed by atoms with Crippen LogP contribution in [0.1, 0.15) is 18.1 Å². The maximum atomic E-state index is 11.1. The molecule has 2 rings (SSSR count). The van der Waals surface area contributed by atoms with E-state index in [4.69, 9.17) is 11.6 Å². The van der Waals surface area contributed by atoms with Crippen LogP contribution in [0.3, 0.4) is 0 Å². The van der Waals surface area contributed by atoms with Gasteiger partial charge in [-0.3, -0.25) is 4.79 Å². The molecule has 0 spiro atoms.